The molecule has 0 aromatic heterocycles. The van der Waals surface area contributed by atoms with Crippen molar-refractivity contribution in [3.8, 4) is 11.1 Å². The predicted octanol–water partition coefficient (Wildman–Crippen LogP) is 1.72. The fourth-order valence-corrected chi connectivity index (χ4v) is 14.1. The number of hydrogen-bond acceptors (Lipinski definition) is 0. The molecule has 1 atom stereocenters. The van der Waals surface area contributed by atoms with Gasteiger partial charge < -0.3 is 24.8 Å². The molecule has 0 fully saturated rings. The van der Waals surface area contributed by atoms with Crippen molar-refractivity contribution < 1.29 is 46.6 Å². The van der Waals surface area contributed by atoms with Crippen LogP contribution in [0.25, 0.3) is 11.1 Å². The Morgan fingerprint density at radius 1 is 0.828 bits per heavy atom. The van der Waals surface area contributed by atoms with Gasteiger partial charge in [0.2, 0.25) is 0 Å². The summed E-state index contributed by atoms with van der Waals surface area (Å²) in [7, 11) is 0. The molecular weight excluding hydrogens is 474 g/mol. The van der Waals surface area contributed by atoms with Crippen molar-refractivity contribution in [3.63, 3.8) is 0 Å². The summed E-state index contributed by atoms with van der Waals surface area (Å²) in [5.41, 5.74) is 7.94. The second-order valence-electron chi connectivity index (χ2n) is 9.48. The zero-order valence-electron chi connectivity index (χ0n) is 18.3. The summed E-state index contributed by atoms with van der Waals surface area (Å²) in [4.78, 5) is 0. The maximum Gasteiger partial charge on any atom is -1.00 e. The molecule has 2 aliphatic carbocycles. The first kappa shape index (κ1) is 24.7. The topological polar surface area (TPSA) is 0 Å². The van der Waals surface area contributed by atoms with E-state index < -0.39 is 21.8 Å². The molecule has 29 heavy (non-hydrogen) atoms. The first-order valence-corrected chi connectivity index (χ1v) is 14.3. The summed E-state index contributed by atoms with van der Waals surface area (Å²) in [6.07, 6.45) is 5.16. The van der Waals surface area contributed by atoms with Gasteiger partial charge >= 0.3 is 174 Å². The zero-order chi connectivity index (χ0) is 19.3. The molecule has 0 radical (unpaired) electrons. The van der Waals surface area contributed by atoms with Crippen LogP contribution in [0.15, 0.2) is 69.5 Å². The molecule has 3 heteroatoms. The maximum atomic E-state index is 2.61. The number of halogens is 2. The average molecular weight is 506 g/mol. The molecule has 0 heterocycles. The van der Waals surface area contributed by atoms with Crippen LogP contribution < -0.4 is 24.8 Å². The van der Waals surface area contributed by atoms with Gasteiger partial charge in [-0.15, -0.1) is 0 Å². The molecule has 0 bridgehead atoms. The third-order valence-electron chi connectivity index (χ3n) is 6.20. The van der Waals surface area contributed by atoms with Gasteiger partial charge in [0.05, 0.1) is 0 Å². The number of benzene rings is 2. The van der Waals surface area contributed by atoms with Gasteiger partial charge in [0.25, 0.3) is 0 Å². The average Bonchev–Trinajstić information content (AvgIpc) is 3.15. The number of fused-ring (bicyclic) bond motifs is 3. The minimum atomic E-state index is -1.98. The van der Waals surface area contributed by atoms with E-state index in [4.69, 9.17) is 0 Å². The summed E-state index contributed by atoms with van der Waals surface area (Å²) >= 11 is -1.98. The molecule has 0 N–H and O–H groups in total. The van der Waals surface area contributed by atoms with Crippen LogP contribution in [0.5, 0.6) is 0 Å². The molecule has 4 rings (SSSR count). The van der Waals surface area contributed by atoms with E-state index in [0.717, 1.165) is 3.63 Å². The molecule has 0 saturated carbocycles. The minimum absolute atomic E-state index is 0. The van der Waals surface area contributed by atoms with Crippen LogP contribution in [0.2, 0.25) is 3.63 Å². The molecular formula is C26H31Cl2Zr. The number of rotatable bonds is 3. The quantitative estimate of drug-likeness (QED) is 0.596. The minimum Gasteiger partial charge on any atom is -1.00 e. The molecule has 153 valence electrons. The van der Waals surface area contributed by atoms with E-state index >= 15 is 0 Å². The summed E-state index contributed by atoms with van der Waals surface area (Å²) in [5.74, 6) is 0.607. The second kappa shape index (κ2) is 9.25. The second-order valence-corrected chi connectivity index (χ2v) is 17.4. The molecule has 0 saturated heterocycles. The normalized spacial score (nSPS) is 17.7. The van der Waals surface area contributed by atoms with E-state index in [9.17, 15) is 0 Å². The number of allylic oxidation sites excluding steroid dienone is 4. The summed E-state index contributed by atoms with van der Waals surface area (Å²) < 4.78 is 3.26. The fraction of sp³-hybridized carbons (Fsp3) is 0.385. The van der Waals surface area contributed by atoms with E-state index in [1.165, 1.54) is 11.1 Å². The largest absolute Gasteiger partial charge is 1.00 e. The van der Waals surface area contributed by atoms with Crippen LogP contribution in [0.4, 0.5) is 0 Å². The molecule has 0 nitrogen and oxygen atoms in total. The maximum absolute atomic E-state index is 2.61. The Hall–Kier alpha value is -0.617. The van der Waals surface area contributed by atoms with Crippen LogP contribution in [0.1, 0.15) is 56.3 Å². The zero-order valence-corrected chi connectivity index (χ0v) is 22.2. The Bertz CT molecular complexity index is 888. The van der Waals surface area contributed by atoms with Gasteiger partial charge in [0.15, 0.2) is 0 Å². The van der Waals surface area contributed by atoms with Gasteiger partial charge in [0.1, 0.15) is 0 Å². The van der Waals surface area contributed by atoms with Crippen LogP contribution >= 0.6 is 0 Å². The van der Waals surface area contributed by atoms with E-state index in [2.05, 4.69) is 102 Å². The third kappa shape index (κ3) is 4.39. The van der Waals surface area contributed by atoms with E-state index in [-0.39, 0.29) is 30.2 Å². The number of hydrogen-bond donors (Lipinski definition) is 0. The SMILES string of the molecule is CC1C=C(C(C)(C)C)C=[C]1[Zr+2]([CH](C)C)[CH]1c2ccccc2-c2ccccc21.[Cl-].[Cl-]. The van der Waals surface area contributed by atoms with Gasteiger partial charge in [-0.25, -0.2) is 0 Å². The van der Waals surface area contributed by atoms with Crippen molar-refractivity contribution in [2.24, 2.45) is 11.3 Å². The molecule has 2 aliphatic rings. The van der Waals surface area contributed by atoms with Crippen LogP contribution in [-0.4, -0.2) is 0 Å². The monoisotopic (exact) mass is 503 g/mol. The van der Waals surface area contributed by atoms with Crippen molar-refractivity contribution in [2.75, 3.05) is 0 Å². The summed E-state index contributed by atoms with van der Waals surface area (Å²) in [6, 6.07) is 18.4. The van der Waals surface area contributed by atoms with Gasteiger partial charge in [-0.3, -0.25) is 0 Å². The Morgan fingerprint density at radius 3 is 1.72 bits per heavy atom. The van der Waals surface area contributed by atoms with Crippen molar-refractivity contribution in [2.45, 2.75) is 48.8 Å². The summed E-state index contributed by atoms with van der Waals surface area (Å²) in [6.45, 7) is 14.5. The predicted molar refractivity (Wildman–Crippen MR) is 114 cm³/mol. The van der Waals surface area contributed by atoms with Crippen LogP contribution in [-0.2, 0) is 21.8 Å². The van der Waals surface area contributed by atoms with Gasteiger partial charge in [-0.2, -0.15) is 0 Å². The van der Waals surface area contributed by atoms with Gasteiger partial charge in [0, 0.05) is 0 Å². The van der Waals surface area contributed by atoms with Crippen molar-refractivity contribution in [1.82, 2.24) is 0 Å². The Balaban J connectivity index is 0.00000150. The van der Waals surface area contributed by atoms with Crippen LogP contribution in [0.3, 0.4) is 0 Å². The third-order valence-corrected chi connectivity index (χ3v) is 15.4. The smallest absolute Gasteiger partial charge is 1.00 e. The van der Waals surface area contributed by atoms with Crippen LogP contribution in [0, 0.1) is 11.3 Å². The Labute approximate surface area is 197 Å². The molecule has 2 aromatic carbocycles. The first-order valence-electron chi connectivity index (χ1n) is 10.3. The van der Waals surface area contributed by atoms with E-state index in [1.54, 1.807) is 16.7 Å². The molecule has 1 unspecified atom stereocenters. The van der Waals surface area contributed by atoms with E-state index in [1.807, 2.05) is 3.28 Å². The molecule has 2 aromatic rings. The molecule has 0 aliphatic heterocycles. The Kier molecular flexibility index (Phi) is 7.87. The summed E-state index contributed by atoms with van der Waals surface area (Å²) in [5, 5.41) is 0. The van der Waals surface area contributed by atoms with Gasteiger partial charge in [-0.05, 0) is 0 Å². The molecule has 0 spiro atoms. The van der Waals surface area contributed by atoms with E-state index in [0.29, 0.717) is 9.54 Å². The molecule has 0 amide bonds. The van der Waals surface area contributed by atoms with Crippen molar-refractivity contribution >= 4 is 0 Å². The fourth-order valence-electron chi connectivity index (χ4n) is 4.84. The Morgan fingerprint density at radius 2 is 1.31 bits per heavy atom. The van der Waals surface area contributed by atoms with Crippen molar-refractivity contribution in [3.05, 3.63) is 80.7 Å². The first-order chi connectivity index (χ1) is 12.8. The standard InChI is InChI=1S/C13H9.C10H15.C3H7.2ClH.Zr/c1-3-7-12-10(5-1)9-11-6-2-4-8-13(11)12;1-8-5-6-9(7-8)10(2,3)4;1-3-2;;;/h1-9H;6-8H,1-4H3;3H,1-2H3;2*1H;/q;;;;;+2/p-2. The van der Waals surface area contributed by atoms with Gasteiger partial charge in [-0.1, -0.05) is 0 Å². The van der Waals surface area contributed by atoms with Crippen molar-refractivity contribution in [1.29, 1.82) is 0 Å².